The topological polar surface area (TPSA) is 33.2 Å². The lowest BCUT2D eigenvalue weighted by Crippen LogP contribution is -2.31. The average molecular weight is 261 g/mol. The van der Waals surface area contributed by atoms with Crippen molar-refractivity contribution in [2.75, 3.05) is 17.3 Å². The van der Waals surface area contributed by atoms with Crippen LogP contribution < -0.4 is 4.90 Å². The van der Waals surface area contributed by atoms with E-state index in [-0.39, 0.29) is 11.7 Å². The molecule has 1 aromatic rings. The molecule has 0 fully saturated rings. The lowest BCUT2D eigenvalue weighted by molar-refractivity contribution is 0.101. The minimum absolute atomic E-state index is 0.00136. The number of carbonyl (C=O) groups is 1. The number of nitrogens with zero attached hydrogens (tertiary/aromatic N) is 2. The van der Waals surface area contributed by atoms with E-state index in [2.05, 4.69) is 30.7 Å². The maximum absolute atomic E-state index is 11.4. The van der Waals surface area contributed by atoms with Crippen LogP contribution in [-0.2, 0) is 0 Å². The predicted octanol–water partition coefficient (Wildman–Crippen LogP) is 3.19. The number of aromatic nitrogens is 1. The van der Waals surface area contributed by atoms with Crippen molar-refractivity contribution in [1.82, 2.24) is 4.98 Å². The van der Waals surface area contributed by atoms with Crippen molar-refractivity contribution >= 4 is 33.9 Å². The summed E-state index contributed by atoms with van der Waals surface area (Å²) in [7, 11) is 0. The predicted molar refractivity (Wildman–Crippen MR) is 69.9 cm³/mol. The lowest BCUT2D eigenvalue weighted by atomic mass is 10.3. The largest absolute Gasteiger partial charge is 0.346 e. The van der Waals surface area contributed by atoms with E-state index in [1.807, 2.05) is 0 Å². The van der Waals surface area contributed by atoms with Gasteiger partial charge in [0.25, 0.3) is 0 Å². The Morgan fingerprint density at radius 3 is 2.81 bits per heavy atom. The summed E-state index contributed by atoms with van der Waals surface area (Å²) in [6.07, 6.45) is 1.07. The third kappa shape index (κ3) is 3.19. The van der Waals surface area contributed by atoms with Gasteiger partial charge in [-0.2, -0.15) is 0 Å². The number of hydrogen-bond acceptors (Lipinski definition) is 4. The first-order chi connectivity index (χ1) is 7.60. The van der Waals surface area contributed by atoms with Crippen molar-refractivity contribution in [3.05, 3.63) is 11.1 Å². The molecular formula is C11H17ClN2OS. The second-order valence-corrected chi connectivity index (χ2v) is 4.96. The van der Waals surface area contributed by atoms with Crippen molar-refractivity contribution in [2.45, 2.75) is 33.2 Å². The summed E-state index contributed by atoms with van der Waals surface area (Å²) in [4.78, 5) is 17.9. The van der Waals surface area contributed by atoms with E-state index >= 15 is 0 Å². The van der Waals surface area contributed by atoms with Crippen molar-refractivity contribution in [3.63, 3.8) is 0 Å². The van der Waals surface area contributed by atoms with Gasteiger partial charge in [0.1, 0.15) is 5.69 Å². The number of hydrogen-bond donors (Lipinski definition) is 0. The Morgan fingerprint density at radius 1 is 1.62 bits per heavy atom. The summed E-state index contributed by atoms with van der Waals surface area (Å²) in [6.45, 7) is 7.34. The minimum Gasteiger partial charge on any atom is -0.346 e. The van der Waals surface area contributed by atoms with Gasteiger partial charge in [0.05, 0.1) is 5.88 Å². The molecule has 1 aromatic heterocycles. The number of ketones is 1. The van der Waals surface area contributed by atoms with E-state index in [1.165, 1.54) is 11.3 Å². The molecule has 0 saturated heterocycles. The number of Topliss-reactive ketones (excluding diaryl/α,β-unsaturated/α-hetero) is 1. The fourth-order valence-electron chi connectivity index (χ4n) is 1.41. The molecule has 5 heteroatoms. The summed E-state index contributed by atoms with van der Waals surface area (Å²) in [5.74, 6) is -0.108. The van der Waals surface area contributed by atoms with Crippen LogP contribution in [0.1, 0.15) is 37.7 Å². The Balaban J connectivity index is 2.85. The summed E-state index contributed by atoms with van der Waals surface area (Å²) in [5, 5.41) is 2.69. The Kier molecular flexibility index (Phi) is 5.22. The molecule has 0 spiro atoms. The van der Waals surface area contributed by atoms with Crippen LogP contribution in [0.25, 0.3) is 0 Å². The van der Waals surface area contributed by atoms with Gasteiger partial charge < -0.3 is 4.90 Å². The lowest BCUT2D eigenvalue weighted by Gasteiger charge is -2.25. The molecule has 90 valence electrons. The summed E-state index contributed by atoms with van der Waals surface area (Å²) >= 11 is 7.01. The molecule has 0 radical (unpaired) electrons. The SMILES string of the molecule is CCCN(c1nc(C(=O)CCl)cs1)C(C)C. The van der Waals surface area contributed by atoms with Gasteiger partial charge in [-0.3, -0.25) is 4.79 Å². The molecule has 0 atom stereocenters. The van der Waals surface area contributed by atoms with Crippen LogP contribution in [0.2, 0.25) is 0 Å². The Morgan fingerprint density at radius 2 is 2.31 bits per heavy atom. The molecule has 0 N–H and O–H groups in total. The highest BCUT2D eigenvalue weighted by atomic mass is 35.5. The van der Waals surface area contributed by atoms with Gasteiger partial charge in [-0.1, -0.05) is 6.92 Å². The normalized spacial score (nSPS) is 10.8. The number of carbonyl (C=O) groups excluding carboxylic acids is 1. The highest BCUT2D eigenvalue weighted by Crippen LogP contribution is 2.23. The van der Waals surface area contributed by atoms with E-state index < -0.39 is 0 Å². The molecule has 0 aliphatic heterocycles. The molecule has 1 heterocycles. The Labute approximate surface area is 105 Å². The van der Waals surface area contributed by atoms with Gasteiger partial charge in [-0.25, -0.2) is 4.98 Å². The zero-order valence-corrected chi connectivity index (χ0v) is 11.4. The molecule has 16 heavy (non-hydrogen) atoms. The van der Waals surface area contributed by atoms with Crippen LogP contribution in [0, 0.1) is 0 Å². The van der Waals surface area contributed by atoms with E-state index in [9.17, 15) is 4.79 Å². The molecule has 0 bridgehead atoms. The minimum atomic E-state index is -0.107. The first-order valence-corrected chi connectivity index (χ1v) is 6.82. The second-order valence-electron chi connectivity index (χ2n) is 3.86. The second kappa shape index (κ2) is 6.21. The maximum atomic E-state index is 11.4. The zero-order chi connectivity index (χ0) is 12.1. The van der Waals surface area contributed by atoms with Crippen molar-refractivity contribution in [1.29, 1.82) is 0 Å². The molecular weight excluding hydrogens is 244 g/mol. The number of anilines is 1. The third-order valence-corrected chi connectivity index (χ3v) is 3.35. The molecule has 3 nitrogen and oxygen atoms in total. The maximum Gasteiger partial charge on any atom is 0.196 e. The molecule has 0 amide bonds. The summed E-state index contributed by atoms with van der Waals surface area (Å²) in [5.41, 5.74) is 0.483. The molecule has 1 rings (SSSR count). The first kappa shape index (κ1) is 13.5. The molecule has 0 aliphatic carbocycles. The fraction of sp³-hybridized carbons (Fsp3) is 0.636. The summed E-state index contributed by atoms with van der Waals surface area (Å²) < 4.78 is 0. The average Bonchev–Trinajstić information content (AvgIpc) is 2.73. The highest BCUT2D eigenvalue weighted by molar-refractivity contribution is 7.14. The number of thiazole rings is 1. The van der Waals surface area contributed by atoms with Crippen LogP contribution in [0.3, 0.4) is 0 Å². The molecule has 0 unspecified atom stereocenters. The van der Waals surface area contributed by atoms with Crippen LogP contribution >= 0.6 is 22.9 Å². The zero-order valence-electron chi connectivity index (χ0n) is 9.86. The van der Waals surface area contributed by atoms with Gasteiger partial charge in [-0.05, 0) is 20.3 Å². The van der Waals surface area contributed by atoms with Crippen LogP contribution in [0.4, 0.5) is 5.13 Å². The Hall–Kier alpha value is -0.610. The van der Waals surface area contributed by atoms with Gasteiger partial charge in [-0.15, -0.1) is 22.9 Å². The fourth-order valence-corrected chi connectivity index (χ4v) is 2.53. The number of halogens is 1. The number of rotatable bonds is 6. The Bertz CT molecular complexity index is 352. The van der Waals surface area contributed by atoms with E-state index in [1.54, 1.807) is 5.38 Å². The highest BCUT2D eigenvalue weighted by Gasteiger charge is 2.16. The first-order valence-electron chi connectivity index (χ1n) is 5.41. The van der Waals surface area contributed by atoms with Crippen molar-refractivity contribution < 1.29 is 4.79 Å². The third-order valence-electron chi connectivity index (χ3n) is 2.23. The van der Waals surface area contributed by atoms with Gasteiger partial charge >= 0.3 is 0 Å². The van der Waals surface area contributed by atoms with Crippen LogP contribution in [-0.4, -0.2) is 29.2 Å². The smallest absolute Gasteiger partial charge is 0.196 e. The standard InChI is InChI=1S/C11H17ClN2OS/c1-4-5-14(8(2)3)11-13-9(7-16-11)10(15)6-12/h7-8H,4-6H2,1-3H3. The summed E-state index contributed by atoms with van der Waals surface area (Å²) in [6, 6.07) is 0.394. The van der Waals surface area contributed by atoms with Gasteiger partial charge in [0.2, 0.25) is 0 Å². The van der Waals surface area contributed by atoms with Crippen LogP contribution in [0.5, 0.6) is 0 Å². The quantitative estimate of drug-likeness (QED) is 0.582. The van der Waals surface area contributed by atoms with Crippen molar-refractivity contribution in [2.24, 2.45) is 0 Å². The molecule has 0 saturated carbocycles. The van der Waals surface area contributed by atoms with Crippen molar-refractivity contribution in [3.8, 4) is 0 Å². The number of alkyl halides is 1. The van der Waals surface area contributed by atoms with E-state index in [0.717, 1.165) is 18.1 Å². The van der Waals surface area contributed by atoms with Gasteiger partial charge in [0.15, 0.2) is 10.9 Å². The molecule has 0 aromatic carbocycles. The monoisotopic (exact) mass is 260 g/mol. The van der Waals surface area contributed by atoms with E-state index in [0.29, 0.717) is 11.7 Å². The van der Waals surface area contributed by atoms with Gasteiger partial charge in [0, 0.05) is 18.0 Å². The van der Waals surface area contributed by atoms with E-state index in [4.69, 9.17) is 11.6 Å². The molecule has 0 aliphatic rings. The van der Waals surface area contributed by atoms with Crippen LogP contribution in [0.15, 0.2) is 5.38 Å².